The third-order valence-corrected chi connectivity index (χ3v) is 2.48. The Balaban J connectivity index is 2.33. The third kappa shape index (κ3) is 2.68. The minimum Gasteiger partial charge on any atom is -0.453 e. The average Bonchev–Trinajstić information content (AvgIpc) is 2.68. The molecule has 1 aromatic carbocycles. The molecule has 3 nitrogen and oxygen atoms in total. The van der Waals surface area contributed by atoms with Gasteiger partial charge < -0.3 is 9.32 Å². The van der Waals surface area contributed by atoms with Gasteiger partial charge in [-0.3, -0.25) is 4.79 Å². The first-order valence-corrected chi connectivity index (χ1v) is 5.52. The van der Waals surface area contributed by atoms with Gasteiger partial charge in [0.25, 0.3) is 0 Å². The van der Waals surface area contributed by atoms with Crippen LogP contribution in [0.5, 0.6) is 0 Å². The fourth-order valence-electron chi connectivity index (χ4n) is 1.43. The fourth-order valence-corrected chi connectivity index (χ4v) is 1.62. The summed E-state index contributed by atoms with van der Waals surface area (Å²) in [5.74, 6) is 0.159. The quantitative estimate of drug-likeness (QED) is 0.618. The summed E-state index contributed by atoms with van der Waals surface area (Å²) < 4.78 is 5.44. The molecule has 2 rings (SSSR count). The number of ketones is 1. The average molecular weight is 250 g/mol. The van der Waals surface area contributed by atoms with Crippen molar-refractivity contribution in [2.75, 3.05) is 14.1 Å². The summed E-state index contributed by atoms with van der Waals surface area (Å²) in [7, 11) is 3.70. The Hall–Kier alpha value is -1.74. The second kappa shape index (κ2) is 4.63. The Bertz CT molecular complexity index is 584. The number of fused-ring (bicyclic) bond motifs is 1. The van der Waals surface area contributed by atoms with Gasteiger partial charge in [-0.2, -0.15) is 0 Å². The van der Waals surface area contributed by atoms with Crippen molar-refractivity contribution in [1.82, 2.24) is 4.90 Å². The maximum Gasteiger partial charge on any atom is 0.222 e. The number of halogens is 1. The van der Waals surface area contributed by atoms with Crippen LogP contribution in [-0.2, 0) is 0 Å². The molecule has 0 unspecified atom stereocenters. The van der Waals surface area contributed by atoms with E-state index in [2.05, 4.69) is 0 Å². The number of benzene rings is 1. The van der Waals surface area contributed by atoms with Gasteiger partial charge in [0.2, 0.25) is 5.78 Å². The molecule has 4 heteroatoms. The first kappa shape index (κ1) is 11.7. The van der Waals surface area contributed by atoms with Crippen molar-refractivity contribution in [1.29, 1.82) is 0 Å². The Morgan fingerprint density at radius 1 is 1.35 bits per heavy atom. The van der Waals surface area contributed by atoms with Gasteiger partial charge in [0.1, 0.15) is 5.58 Å². The highest BCUT2D eigenvalue weighted by molar-refractivity contribution is 6.31. The zero-order valence-corrected chi connectivity index (χ0v) is 10.4. The monoisotopic (exact) mass is 249 g/mol. The Morgan fingerprint density at radius 2 is 2.12 bits per heavy atom. The lowest BCUT2D eigenvalue weighted by molar-refractivity contribution is 0.102. The highest BCUT2D eigenvalue weighted by Crippen LogP contribution is 2.23. The van der Waals surface area contributed by atoms with Crippen LogP contribution in [0, 0.1) is 0 Å². The predicted molar refractivity (Wildman–Crippen MR) is 68.4 cm³/mol. The van der Waals surface area contributed by atoms with Crippen LogP contribution in [0.25, 0.3) is 11.0 Å². The second-order valence-electron chi connectivity index (χ2n) is 3.94. The Kier molecular flexibility index (Phi) is 3.20. The molecular weight excluding hydrogens is 238 g/mol. The van der Waals surface area contributed by atoms with E-state index in [0.717, 1.165) is 5.39 Å². The zero-order chi connectivity index (χ0) is 12.4. The topological polar surface area (TPSA) is 33.5 Å². The van der Waals surface area contributed by atoms with Crippen molar-refractivity contribution in [2.24, 2.45) is 0 Å². The van der Waals surface area contributed by atoms with Crippen LogP contribution in [0.2, 0.25) is 5.02 Å². The van der Waals surface area contributed by atoms with E-state index in [0.29, 0.717) is 16.4 Å². The van der Waals surface area contributed by atoms with Gasteiger partial charge in [-0.05, 0) is 24.3 Å². The number of rotatable bonds is 3. The van der Waals surface area contributed by atoms with Gasteiger partial charge in [0, 0.05) is 36.8 Å². The van der Waals surface area contributed by atoms with Crippen LogP contribution in [-0.4, -0.2) is 24.8 Å². The van der Waals surface area contributed by atoms with Crippen LogP contribution in [0.3, 0.4) is 0 Å². The molecule has 1 aromatic heterocycles. The Morgan fingerprint density at radius 3 is 2.82 bits per heavy atom. The number of allylic oxidation sites excluding steroid dienone is 1. The van der Waals surface area contributed by atoms with Gasteiger partial charge in [0.15, 0.2) is 5.76 Å². The van der Waals surface area contributed by atoms with Crippen LogP contribution in [0.4, 0.5) is 0 Å². The highest BCUT2D eigenvalue weighted by atomic mass is 35.5. The number of carbonyl (C=O) groups excluding carboxylic acids is 1. The van der Waals surface area contributed by atoms with Crippen molar-refractivity contribution in [2.45, 2.75) is 0 Å². The van der Waals surface area contributed by atoms with Crippen molar-refractivity contribution in [3.63, 3.8) is 0 Å². The highest BCUT2D eigenvalue weighted by Gasteiger charge is 2.09. The zero-order valence-electron chi connectivity index (χ0n) is 9.61. The van der Waals surface area contributed by atoms with E-state index in [1.165, 1.54) is 6.08 Å². The summed E-state index contributed by atoms with van der Waals surface area (Å²) >= 11 is 5.86. The van der Waals surface area contributed by atoms with Gasteiger partial charge >= 0.3 is 0 Å². The summed E-state index contributed by atoms with van der Waals surface area (Å²) in [5.41, 5.74) is 0.663. The van der Waals surface area contributed by atoms with E-state index >= 15 is 0 Å². The summed E-state index contributed by atoms with van der Waals surface area (Å²) in [6.07, 6.45) is 3.15. The fraction of sp³-hybridized carbons (Fsp3) is 0.154. The van der Waals surface area contributed by atoms with Crippen LogP contribution in [0.15, 0.2) is 41.0 Å². The van der Waals surface area contributed by atoms with Gasteiger partial charge in [-0.15, -0.1) is 0 Å². The van der Waals surface area contributed by atoms with E-state index in [1.807, 2.05) is 14.1 Å². The normalized spacial score (nSPS) is 11.2. The largest absolute Gasteiger partial charge is 0.453 e. The van der Waals surface area contributed by atoms with E-state index in [9.17, 15) is 4.79 Å². The van der Waals surface area contributed by atoms with Crippen molar-refractivity contribution >= 4 is 28.4 Å². The number of hydrogen-bond donors (Lipinski definition) is 0. The molecular formula is C13H12ClNO2. The smallest absolute Gasteiger partial charge is 0.222 e. The predicted octanol–water partition coefficient (Wildman–Crippen LogP) is 3.34. The maximum atomic E-state index is 11.8. The van der Waals surface area contributed by atoms with Crippen LogP contribution in [0.1, 0.15) is 10.6 Å². The lowest BCUT2D eigenvalue weighted by atomic mass is 10.2. The van der Waals surface area contributed by atoms with Crippen LogP contribution < -0.4 is 0 Å². The van der Waals surface area contributed by atoms with E-state index in [4.69, 9.17) is 16.0 Å². The minimum atomic E-state index is -0.161. The molecule has 0 radical (unpaired) electrons. The van der Waals surface area contributed by atoms with E-state index in [1.54, 1.807) is 35.4 Å². The molecule has 17 heavy (non-hydrogen) atoms. The first-order chi connectivity index (χ1) is 8.06. The van der Waals surface area contributed by atoms with E-state index < -0.39 is 0 Å². The first-order valence-electron chi connectivity index (χ1n) is 5.14. The molecule has 0 atom stereocenters. The number of carbonyl (C=O) groups is 1. The molecule has 0 bridgehead atoms. The molecule has 0 amide bonds. The molecule has 2 aromatic rings. The lowest BCUT2D eigenvalue weighted by Gasteiger charge is -2.01. The number of furan rings is 1. The molecule has 0 aliphatic rings. The molecule has 0 saturated heterocycles. The lowest BCUT2D eigenvalue weighted by Crippen LogP contribution is -2.02. The van der Waals surface area contributed by atoms with Crippen molar-refractivity contribution in [3.8, 4) is 0 Å². The van der Waals surface area contributed by atoms with Gasteiger partial charge in [-0.25, -0.2) is 0 Å². The molecule has 88 valence electrons. The molecule has 1 heterocycles. The molecule has 0 spiro atoms. The molecule has 0 fully saturated rings. The molecule has 0 N–H and O–H groups in total. The van der Waals surface area contributed by atoms with E-state index in [-0.39, 0.29) is 5.78 Å². The van der Waals surface area contributed by atoms with Crippen LogP contribution >= 0.6 is 11.6 Å². The SMILES string of the molecule is CN(C)/C=C\C(=O)c1cc2cc(Cl)ccc2o1. The molecule has 0 saturated carbocycles. The van der Waals surface area contributed by atoms with Crippen molar-refractivity contribution in [3.05, 3.63) is 47.3 Å². The maximum absolute atomic E-state index is 11.8. The minimum absolute atomic E-state index is 0.161. The summed E-state index contributed by atoms with van der Waals surface area (Å²) in [4.78, 5) is 13.6. The Labute approximate surface area is 104 Å². The summed E-state index contributed by atoms with van der Waals surface area (Å²) in [6.45, 7) is 0. The molecule has 0 aliphatic heterocycles. The van der Waals surface area contributed by atoms with Gasteiger partial charge in [0.05, 0.1) is 0 Å². The number of hydrogen-bond acceptors (Lipinski definition) is 3. The number of nitrogens with zero attached hydrogens (tertiary/aromatic N) is 1. The summed E-state index contributed by atoms with van der Waals surface area (Å²) in [5, 5.41) is 1.46. The molecule has 0 aliphatic carbocycles. The standard InChI is InChI=1S/C13H12ClNO2/c1-15(2)6-5-11(16)13-8-9-7-10(14)3-4-12(9)17-13/h3-8H,1-2H3/b6-5-. The van der Waals surface area contributed by atoms with Gasteiger partial charge in [-0.1, -0.05) is 11.6 Å². The summed E-state index contributed by atoms with van der Waals surface area (Å²) in [6, 6.07) is 6.96. The second-order valence-corrected chi connectivity index (χ2v) is 4.37. The third-order valence-electron chi connectivity index (χ3n) is 2.25. The van der Waals surface area contributed by atoms with Crippen molar-refractivity contribution < 1.29 is 9.21 Å².